The first kappa shape index (κ1) is 11.7. The minimum Gasteiger partial charge on any atom is -0.373 e. The topological polar surface area (TPSA) is 58.8 Å². The second-order valence-corrected chi connectivity index (χ2v) is 4.69. The average Bonchev–Trinajstić information content (AvgIpc) is 2.81. The van der Waals surface area contributed by atoms with Gasteiger partial charge in [-0.15, -0.1) is 0 Å². The van der Waals surface area contributed by atoms with E-state index >= 15 is 0 Å². The van der Waals surface area contributed by atoms with Crippen molar-refractivity contribution >= 4 is 6.03 Å². The molecule has 0 aromatic rings. The van der Waals surface area contributed by atoms with Crippen LogP contribution in [0, 0.1) is 0 Å². The maximum atomic E-state index is 12.1. The van der Waals surface area contributed by atoms with Crippen LogP contribution < -0.4 is 5.73 Å². The van der Waals surface area contributed by atoms with Crippen LogP contribution in [0.1, 0.15) is 19.8 Å². The zero-order chi connectivity index (χ0) is 11.5. The Hall–Kier alpha value is -0.810. The SMILES string of the molecule is CC(N)C1CN(C(=O)N2CCCC2)CCO1. The molecule has 0 aliphatic carbocycles. The van der Waals surface area contributed by atoms with Gasteiger partial charge in [-0.1, -0.05) is 0 Å². The number of morpholine rings is 1. The van der Waals surface area contributed by atoms with E-state index in [1.54, 1.807) is 0 Å². The van der Waals surface area contributed by atoms with Crippen molar-refractivity contribution in [3.8, 4) is 0 Å². The summed E-state index contributed by atoms with van der Waals surface area (Å²) in [7, 11) is 0. The van der Waals surface area contributed by atoms with Crippen molar-refractivity contribution in [3.63, 3.8) is 0 Å². The summed E-state index contributed by atoms with van der Waals surface area (Å²) in [4.78, 5) is 15.9. The van der Waals surface area contributed by atoms with Crippen LogP contribution in [0.15, 0.2) is 0 Å². The van der Waals surface area contributed by atoms with Crippen molar-refractivity contribution in [1.82, 2.24) is 9.80 Å². The molecule has 0 bridgehead atoms. The summed E-state index contributed by atoms with van der Waals surface area (Å²) in [5, 5.41) is 0. The fourth-order valence-electron chi connectivity index (χ4n) is 2.28. The highest BCUT2D eigenvalue weighted by Gasteiger charge is 2.30. The van der Waals surface area contributed by atoms with Gasteiger partial charge in [-0.25, -0.2) is 4.79 Å². The molecular weight excluding hydrogens is 206 g/mol. The van der Waals surface area contributed by atoms with Gasteiger partial charge in [0, 0.05) is 25.7 Å². The van der Waals surface area contributed by atoms with Gasteiger partial charge in [0.25, 0.3) is 0 Å². The van der Waals surface area contributed by atoms with Gasteiger partial charge in [-0.05, 0) is 19.8 Å². The van der Waals surface area contributed by atoms with Crippen molar-refractivity contribution in [2.45, 2.75) is 31.9 Å². The highest BCUT2D eigenvalue weighted by Crippen LogP contribution is 2.14. The van der Waals surface area contributed by atoms with E-state index in [2.05, 4.69) is 0 Å². The number of nitrogens with zero attached hydrogens (tertiary/aromatic N) is 2. The Morgan fingerprint density at radius 2 is 2.00 bits per heavy atom. The Balaban J connectivity index is 1.90. The Labute approximate surface area is 96.5 Å². The van der Waals surface area contributed by atoms with Crippen LogP contribution in [0.4, 0.5) is 4.79 Å². The summed E-state index contributed by atoms with van der Waals surface area (Å²) in [5.74, 6) is 0. The summed E-state index contributed by atoms with van der Waals surface area (Å²) in [6.45, 7) is 5.66. The molecule has 2 aliphatic rings. The third kappa shape index (κ3) is 2.47. The van der Waals surface area contributed by atoms with Crippen LogP contribution in [-0.2, 0) is 4.74 Å². The first-order valence-corrected chi connectivity index (χ1v) is 6.09. The molecule has 2 amide bonds. The lowest BCUT2D eigenvalue weighted by molar-refractivity contribution is -0.0276. The molecular formula is C11H21N3O2. The summed E-state index contributed by atoms with van der Waals surface area (Å²) in [6, 6.07) is 0.139. The van der Waals surface area contributed by atoms with E-state index in [0.717, 1.165) is 25.9 Å². The van der Waals surface area contributed by atoms with Crippen LogP contribution in [0.2, 0.25) is 0 Å². The number of hydrogen-bond donors (Lipinski definition) is 1. The standard InChI is InChI=1S/C11H21N3O2/c1-9(12)10-8-14(6-7-16-10)11(15)13-4-2-3-5-13/h9-10H,2-8,12H2,1H3. The summed E-state index contributed by atoms with van der Waals surface area (Å²) in [6.07, 6.45) is 2.25. The third-order valence-electron chi connectivity index (χ3n) is 3.33. The van der Waals surface area contributed by atoms with E-state index in [-0.39, 0.29) is 18.2 Å². The van der Waals surface area contributed by atoms with Crippen molar-refractivity contribution in [2.24, 2.45) is 5.73 Å². The molecule has 2 saturated heterocycles. The van der Waals surface area contributed by atoms with Crippen LogP contribution in [0.25, 0.3) is 0 Å². The second kappa shape index (κ2) is 5.01. The van der Waals surface area contributed by atoms with Crippen molar-refractivity contribution in [3.05, 3.63) is 0 Å². The Morgan fingerprint density at radius 3 is 2.62 bits per heavy atom. The van der Waals surface area contributed by atoms with Gasteiger partial charge in [-0.2, -0.15) is 0 Å². The predicted molar refractivity (Wildman–Crippen MR) is 61.2 cm³/mol. The fourth-order valence-corrected chi connectivity index (χ4v) is 2.28. The molecule has 92 valence electrons. The lowest BCUT2D eigenvalue weighted by Crippen LogP contribution is -2.54. The molecule has 2 fully saturated rings. The Kier molecular flexibility index (Phi) is 3.66. The maximum Gasteiger partial charge on any atom is 0.320 e. The average molecular weight is 227 g/mol. The Bertz CT molecular complexity index is 252. The smallest absolute Gasteiger partial charge is 0.320 e. The number of hydrogen-bond acceptors (Lipinski definition) is 3. The van der Waals surface area contributed by atoms with E-state index in [4.69, 9.17) is 10.5 Å². The van der Waals surface area contributed by atoms with Crippen molar-refractivity contribution in [2.75, 3.05) is 32.8 Å². The second-order valence-electron chi connectivity index (χ2n) is 4.69. The molecule has 2 unspecified atom stereocenters. The molecule has 0 aromatic carbocycles. The molecule has 2 aliphatic heterocycles. The molecule has 2 atom stereocenters. The summed E-state index contributed by atoms with van der Waals surface area (Å²) < 4.78 is 5.55. The first-order valence-electron chi connectivity index (χ1n) is 6.09. The molecule has 2 N–H and O–H groups in total. The highest BCUT2D eigenvalue weighted by molar-refractivity contribution is 5.74. The molecule has 5 nitrogen and oxygen atoms in total. The van der Waals surface area contributed by atoms with E-state index in [1.165, 1.54) is 0 Å². The van der Waals surface area contributed by atoms with Gasteiger partial charge in [0.15, 0.2) is 0 Å². The molecule has 16 heavy (non-hydrogen) atoms. The van der Waals surface area contributed by atoms with Crippen molar-refractivity contribution in [1.29, 1.82) is 0 Å². The molecule has 0 aromatic heterocycles. The molecule has 0 saturated carbocycles. The maximum absolute atomic E-state index is 12.1. The van der Waals surface area contributed by atoms with Crippen LogP contribution in [0.5, 0.6) is 0 Å². The number of ether oxygens (including phenoxy) is 1. The van der Waals surface area contributed by atoms with Crippen molar-refractivity contribution < 1.29 is 9.53 Å². The molecule has 2 heterocycles. The minimum absolute atomic E-state index is 0.0136. The zero-order valence-corrected chi connectivity index (χ0v) is 9.89. The van der Waals surface area contributed by atoms with E-state index in [9.17, 15) is 4.79 Å². The van der Waals surface area contributed by atoms with E-state index in [1.807, 2.05) is 16.7 Å². The lowest BCUT2D eigenvalue weighted by atomic mass is 10.1. The monoisotopic (exact) mass is 227 g/mol. The summed E-state index contributed by atoms with van der Waals surface area (Å²) >= 11 is 0. The number of carbonyl (C=O) groups is 1. The van der Waals surface area contributed by atoms with Gasteiger partial charge < -0.3 is 20.3 Å². The number of urea groups is 1. The predicted octanol–water partition coefficient (Wildman–Crippen LogP) is 0.250. The number of nitrogens with two attached hydrogens (primary N) is 1. The number of likely N-dealkylation sites (tertiary alicyclic amines) is 1. The number of rotatable bonds is 1. The van der Waals surface area contributed by atoms with Crippen LogP contribution >= 0.6 is 0 Å². The molecule has 2 rings (SSSR count). The van der Waals surface area contributed by atoms with Gasteiger partial charge in [0.2, 0.25) is 0 Å². The van der Waals surface area contributed by atoms with Crippen LogP contribution in [-0.4, -0.2) is 60.8 Å². The quantitative estimate of drug-likeness (QED) is 0.698. The minimum atomic E-state index is -0.0193. The van der Waals surface area contributed by atoms with Gasteiger partial charge in [-0.3, -0.25) is 0 Å². The first-order chi connectivity index (χ1) is 7.68. The van der Waals surface area contributed by atoms with E-state index in [0.29, 0.717) is 19.7 Å². The number of carbonyl (C=O) groups excluding carboxylic acids is 1. The normalized spacial score (nSPS) is 28.2. The molecule has 0 spiro atoms. The summed E-state index contributed by atoms with van der Waals surface area (Å²) in [5.41, 5.74) is 5.81. The van der Waals surface area contributed by atoms with Gasteiger partial charge in [0.1, 0.15) is 0 Å². The number of amides is 2. The zero-order valence-electron chi connectivity index (χ0n) is 9.89. The Morgan fingerprint density at radius 1 is 1.31 bits per heavy atom. The van der Waals surface area contributed by atoms with Crippen LogP contribution in [0.3, 0.4) is 0 Å². The molecule has 5 heteroatoms. The van der Waals surface area contributed by atoms with Gasteiger partial charge >= 0.3 is 6.03 Å². The van der Waals surface area contributed by atoms with Gasteiger partial charge in [0.05, 0.1) is 19.3 Å². The van der Waals surface area contributed by atoms with E-state index < -0.39 is 0 Å². The largest absolute Gasteiger partial charge is 0.373 e. The highest BCUT2D eigenvalue weighted by atomic mass is 16.5. The molecule has 0 radical (unpaired) electrons. The lowest BCUT2D eigenvalue weighted by Gasteiger charge is -2.36. The third-order valence-corrected chi connectivity index (χ3v) is 3.33. The fraction of sp³-hybridized carbons (Fsp3) is 0.909.